The Labute approximate surface area is 84.9 Å². The lowest BCUT2D eigenvalue weighted by Gasteiger charge is -2.29. The molecule has 0 radical (unpaired) electrons. The van der Waals surface area contributed by atoms with Crippen molar-refractivity contribution in [3.8, 4) is 12.3 Å². The Bertz CT molecular complexity index is 328. The lowest BCUT2D eigenvalue weighted by molar-refractivity contribution is 0.589. The van der Waals surface area contributed by atoms with Crippen LogP contribution in [-0.4, -0.2) is 26.2 Å². The summed E-state index contributed by atoms with van der Waals surface area (Å²) in [6.45, 7) is 4.29. The molecule has 2 nitrogen and oxygen atoms in total. The van der Waals surface area contributed by atoms with E-state index in [1.165, 1.54) is 5.69 Å². The number of nitrogens with zero attached hydrogens (tertiary/aromatic N) is 1. The normalized spacial score (nSPS) is 16.4. The van der Waals surface area contributed by atoms with E-state index in [0.717, 1.165) is 31.7 Å². The van der Waals surface area contributed by atoms with E-state index in [0.29, 0.717) is 0 Å². The molecule has 0 aromatic heterocycles. The highest BCUT2D eigenvalue weighted by molar-refractivity contribution is 5.50. The average Bonchev–Trinajstić information content (AvgIpc) is 2.30. The quantitative estimate of drug-likeness (QED) is 0.660. The summed E-state index contributed by atoms with van der Waals surface area (Å²) in [6, 6.07) is 8.19. The molecule has 1 fully saturated rings. The van der Waals surface area contributed by atoms with Gasteiger partial charge in [0.05, 0.1) is 0 Å². The summed E-state index contributed by atoms with van der Waals surface area (Å²) in [5.41, 5.74) is 2.22. The molecule has 72 valence electrons. The lowest BCUT2D eigenvalue weighted by atomic mass is 10.2. The van der Waals surface area contributed by atoms with Crippen molar-refractivity contribution in [3.05, 3.63) is 29.8 Å². The lowest BCUT2D eigenvalue weighted by Crippen LogP contribution is -2.43. The van der Waals surface area contributed by atoms with Crippen LogP contribution in [0.3, 0.4) is 0 Å². The molecular formula is C12H14N2. The van der Waals surface area contributed by atoms with Gasteiger partial charge in [-0.05, 0) is 24.3 Å². The van der Waals surface area contributed by atoms with Crippen LogP contribution in [0.4, 0.5) is 5.69 Å². The molecule has 0 spiro atoms. The van der Waals surface area contributed by atoms with Crippen LogP contribution in [-0.2, 0) is 0 Å². The summed E-state index contributed by atoms with van der Waals surface area (Å²) in [7, 11) is 0. The minimum absolute atomic E-state index is 0.948. The number of hydrogen-bond donors (Lipinski definition) is 1. The minimum Gasteiger partial charge on any atom is -0.369 e. The van der Waals surface area contributed by atoms with E-state index in [-0.39, 0.29) is 0 Å². The van der Waals surface area contributed by atoms with Gasteiger partial charge in [0.1, 0.15) is 0 Å². The third kappa shape index (κ3) is 1.89. The Balaban J connectivity index is 2.12. The fourth-order valence-corrected chi connectivity index (χ4v) is 1.69. The van der Waals surface area contributed by atoms with Crippen LogP contribution in [0.25, 0.3) is 0 Å². The van der Waals surface area contributed by atoms with Gasteiger partial charge in [0.15, 0.2) is 0 Å². The Hall–Kier alpha value is -1.46. The van der Waals surface area contributed by atoms with Crippen molar-refractivity contribution < 1.29 is 0 Å². The maximum absolute atomic E-state index is 5.30. The predicted octanol–water partition coefficient (Wildman–Crippen LogP) is 1.08. The molecule has 2 rings (SSSR count). The number of nitrogens with one attached hydrogen (secondary N) is 1. The summed E-state index contributed by atoms with van der Waals surface area (Å²) >= 11 is 0. The summed E-state index contributed by atoms with van der Waals surface area (Å²) in [4.78, 5) is 2.37. The molecule has 0 aliphatic carbocycles. The van der Waals surface area contributed by atoms with E-state index < -0.39 is 0 Å². The molecule has 0 bridgehead atoms. The van der Waals surface area contributed by atoms with Crippen LogP contribution >= 0.6 is 0 Å². The third-order valence-electron chi connectivity index (χ3n) is 2.52. The summed E-state index contributed by atoms with van der Waals surface area (Å²) in [5.74, 6) is 2.63. The molecule has 0 amide bonds. The van der Waals surface area contributed by atoms with Crippen LogP contribution in [0.1, 0.15) is 5.56 Å². The van der Waals surface area contributed by atoms with Gasteiger partial charge in [-0.25, -0.2) is 0 Å². The third-order valence-corrected chi connectivity index (χ3v) is 2.52. The highest BCUT2D eigenvalue weighted by Gasteiger charge is 2.09. The molecule has 1 N–H and O–H groups in total. The Morgan fingerprint density at radius 2 is 1.79 bits per heavy atom. The molecule has 1 aliphatic rings. The fourth-order valence-electron chi connectivity index (χ4n) is 1.69. The van der Waals surface area contributed by atoms with E-state index in [2.05, 4.69) is 28.3 Å². The summed E-state index contributed by atoms with van der Waals surface area (Å²) < 4.78 is 0. The van der Waals surface area contributed by atoms with Crippen molar-refractivity contribution in [1.82, 2.24) is 5.32 Å². The molecule has 14 heavy (non-hydrogen) atoms. The Morgan fingerprint density at radius 3 is 2.36 bits per heavy atom. The van der Waals surface area contributed by atoms with Gasteiger partial charge >= 0.3 is 0 Å². The molecule has 1 aliphatic heterocycles. The topological polar surface area (TPSA) is 15.3 Å². The van der Waals surface area contributed by atoms with Gasteiger partial charge in [-0.15, -0.1) is 6.42 Å². The highest BCUT2D eigenvalue weighted by atomic mass is 15.2. The second-order valence-corrected chi connectivity index (χ2v) is 3.43. The van der Waals surface area contributed by atoms with Crippen LogP contribution in [0.2, 0.25) is 0 Å². The number of piperazine rings is 1. The van der Waals surface area contributed by atoms with E-state index >= 15 is 0 Å². The van der Waals surface area contributed by atoms with Gasteiger partial charge < -0.3 is 10.2 Å². The van der Waals surface area contributed by atoms with Gasteiger partial charge in [0, 0.05) is 37.4 Å². The molecule has 1 aromatic rings. The molecule has 0 atom stereocenters. The molecular weight excluding hydrogens is 172 g/mol. The van der Waals surface area contributed by atoms with Gasteiger partial charge in [-0.1, -0.05) is 5.92 Å². The molecule has 1 saturated heterocycles. The Kier molecular flexibility index (Phi) is 2.71. The van der Waals surface area contributed by atoms with E-state index in [4.69, 9.17) is 6.42 Å². The van der Waals surface area contributed by atoms with Crippen molar-refractivity contribution in [2.45, 2.75) is 0 Å². The molecule has 1 heterocycles. The largest absolute Gasteiger partial charge is 0.369 e. The second kappa shape index (κ2) is 4.17. The van der Waals surface area contributed by atoms with Crippen molar-refractivity contribution in [2.24, 2.45) is 0 Å². The summed E-state index contributed by atoms with van der Waals surface area (Å²) in [5, 5.41) is 3.33. The number of rotatable bonds is 1. The maximum atomic E-state index is 5.30. The smallest absolute Gasteiger partial charge is 0.0367 e. The zero-order chi connectivity index (χ0) is 9.80. The van der Waals surface area contributed by atoms with Gasteiger partial charge in [-0.2, -0.15) is 0 Å². The highest BCUT2D eigenvalue weighted by Crippen LogP contribution is 2.15. The Morgan fingerprint density at radius 1 is 1.14 bits per heavy atom. The van der Waals surface area contributed by atoms with E-state index in [1.807, 2.05) is 12.1 Å². The van der Waals surface area contributed by atoms with Crippen molar-refractivity contribution >= 4 is 5.69 Å². The van der Waals surface area contributed by atoms with Crippen LogP contribution in [0.5, 0.6) is 0 Å². The zero-order valence-corrected chi connectivity index (χ0v) is 8.16. The molecule has 2 heteroatoms. The number of hydrogen-bond acceptors (Lipinski definition) is 2. The first-order chi connectivity index (χ1) is 6.90. The van der Waals surface area contributed by atoms with Crippen LogP contribution < -0.4 is 10.2 Å². The average molecular weight is 186 g/mol. The first kappa shape index (κ1) is 9.11. The zero-order valence-electron chi connectivity index (χ0n) is 8.16. The molecule has 0 unspecified atom stereocenters. The SMILES string of the molecule is C#Cc1ccc(N2CCNCC2)cc1. The first-order valence-electron chi connectivity index (χ1n) is 4.92. The van der Waals surface area contributed by atoms with Gasteiger partial charge in [0.25, 0.3) is 0 Å². The second-order valence-electron chi connectivity index (χ2n) is 3.43. The summed E-state index contributed by atoms with van der Waals surface area (Å²) in [6.07, 6.45) is 5.30. The number of anilines is 1. The first-order valence-corrected chi connectivity index (χ1v) is 4.92. The fraction of sp³-hybridized carbons (Fsp3) is 0.333. The van der Waals surface area contributed by atoms with Crippen molar-refractivity contribution in [3.63, 3.8) is 0 Å². The number of terminal acetylenes is 1. The van der Waals surface area contributed by atoms with Gasteiger partial charge in [0.2, 0.25) is 0 Å². The maximum Gasteiger partial charge on any atom is 0.0367 e. The van der Waals surface area contributed by atoms with Gasteiger partial charge in [-0.3, -0.25) is 0 Å². The van der Waals surface area contributed by atoms with Crippen LogP contribution in [0, 0.1) is 12.3 Å². The standard InChI is InChI=1S/C12H14N2/c1-2-11-3-5-12(6-4-11)14-9-7-13-8-10-14/h1,3-6,13H,7-10H2. The van der Waals surface area contributed by atoms with E-state index in [9.17, 15) is 0 Å². The van der Waals surface area contributed by atoms with Crippen molar-refractivity contribution in [2.75, 3.05) is 31.1 Å². The predicted molar refractivity (Wildman–Crippen MR) is 59.5 cm³/mol. The van der Waals surface area contributed by atoms with Crippen molar-refractivity contribution in [1.29, 1.82) is 0 Å². The van der Waals surface area contributed by atoms with Crippen LogP contribution in [0.15, 0.2) is 24.3 Å². The molecule has 0 saturated carbocycles. The van der Waals surface area contributed by atoms with E-state index in [1.54, 1.807) is 0 Å². The monoisotopic (exact) mass is 186 g/mol. The number of benzene rings is 1. The minimum atomic E-state index is 0.948. The molecule has 1 aromatic carbocycles.